The minimum Gasteiger partial charge on any atom is -0.508 e. The van der Waals surface area contributed by atoms with Crippen molar-refractivity contribution in [2.75, 3.05) is 13.7 Å². The zero-order valence-corrected chi connectivity index (χ0v) is 28.6. The molecule has 2 amide bonds. The molecule has 6 rings (SSSR count). The van der Waals surface area contributed by atoms with E-state index in [2.05, 4.69) is 23.6 Å². The van der Waals surface area contributed by atoms with E-state index in [9.17, 15) is 33.0 Å². The molecule has 4 N–H and O–H groups in total. The number of methoxy groups -OCH3 is 1. The number of aryl methyl sites for hydroxylation is 1. The molecule has 3 aliphatic carbocycles. The van der Waals surface area contributed by atoms with Gasteiger partial charge in [-0.1, -0.05) is 73.7 Å². The molecule has 0 bridgehead atoms. The highest BCUT2D eigenvalue weighted by molar-refractivity contribution is 5.93. The maximum atomic E-state index is 14.6. The second kappa shape index (κ2) is 14.4. The van der Waals surface area contributed by atoms with Crippen molar-refractivity contribution in [3.8, 4) is 5.75 Å². The van der Waals surface area contributed by atoms with E-state index in [-0.39, 0.29) is 29.9 Å². The van der Waals surface area contributed by atoms with Crippen LogP contribution in [0.25, 0.3) is 0 Å². The Bertz CT molecular complexity index is 1650. The Morgan fingerprint density at radius 2 is 1.72 bits per heavy atom. The zero-order chi connectivity index (χ0) is 35.7. The van der Waals surface area contributed by atoms with Gasteiger partial charge in [0.1, 0.15) is 11.8 Å². The lowest BCUT2D eigenvalue weighted by atomic mass is 9.55. The first-order valence-corrected chi connectivity index (χ1v) is 17.7. The summed E-state index contributed by atoms with van der Waals surface area (Å²) in [4.78, 5) is 27.1. The molecule has 3 aliphatic rings. The lowest BCUT2D eigenvalue weighted by molar-refractivity contribution is -0.266. The van der Waals surface area contributed by atoms with Crippen LogP contribution in [0.2, 0.25) is 0 Å². The summed E-state index contributed by atoms with van der Waals surface area (Å²) in [5.41, 5.74) is -0.642. The van der Waals surface area contributed by atoms with E-state index in [1.54, 1.807) is 42.5 Å². The molecule has 0 spiro atoms. The second-order valence-electron chi connectivity index (χ2n) is 14.7. The molecule has 0 radical (unpaired) electrons. The number of amides is 2. The minimum absolute atomic E-state index is 0.0163. The number of hydrogen-bond donors (Lipinski definition) is 4. The van der Waals surface area contributed by atoms with E-state index in [4.69, 9.17) is 4.74 Å². The number of aliphatic hydroxyl groups excluding tert-OH is 1. The van der Waals surface area contributed by atoms with Gasteiger partial charge in [0.2, 0.25) is 5.91 Å². The Hall–Kier alpha value is -3.89. The number of aliphatic hydroxyl groups is 1. The molecule has 50 heavy (non-hydrogen) atoms. The van der Waals surface area contributed by atoms with Gasteiger partial charge >= 0.3 is 6.18 Å². The average molecular weight is 693 g/mol. The third-order valence-electron chi connectivity index (χ3n) is 12.0. The van der Waals surface area contributed by atoms with E-state index in [0.717, 1.165) is 39.2 Å². The van der Waals surface area contributed by atoms with E-state index in [1.165, 1.54) is 35.4 Å². The maximum absolute atomic E-state index is 14.6. The molecule has 0 unspecified atom stereocenters. The van der Waals surface area contributed by atoms with Crippen molar-refractivity contribution in [3.63, 3.8) is 0 Å². The number of rotatable bonds is 11. The molecule has 0 saturated heterocycles. The zero-order valence-electron chi connectivity index (χ0n) is 28.6. The van der Waals surface area contributed by atoms with Crippen LogP contribution in [-0.4, -0.2) is 54.0 Å². The van der Waals surface area contributed by atoms with Crippen molar-refractivity contribution in [2.24, 2.45) is 23.2 Å². The third-order valence-corrected chi connectivity index (χ3v) is 12.0. The van der Waals surface area contributed by atoms with Crippen LogP contribution >= 0.6 is 0 Å². The van der Waals surface area contributed by atoms with E-state index < -0.39 is 35.7 Å². The Kier molecular flexibility index (Phi) is 10.3. The van der Waals surface area contributed by atoms with Crippen molar-refractivity contribution < 1.29 is 37.7 Å². The molecule has 268 valence electrons. The number of phenols is 1. The van der Waals surface area contributed by atoms with Gasteiger partial charge in [0.05, 0.1) is 6.10 Å². The fourth-order valence-electron chi connectivity index (χ4n) is 9.44. The van der Waals surface area contributed by atoms with E-state index >= 15 is 0 Å². The van der Waals surface area contributed by atoms with Crippen LogP contribution in [0.4, 0.5) is 13.2 Å². The average Bonchev–Trinajstić information content (AvgIpc) is 3.36. The summed E-state index contributed by atoms with van der Waals surface area (Å²) >= 11 is 0. The largest absolute Gasteiger partial charge is 0.508 e. The number of fused-ring (bicyclic) bond motifs is 5. The van der Waals surface area contributed by atoms with Gasteiger partial charge in [-0.15, -0.1) is 0 Å². The molecule has 3 aromatic carbocycles. The van der Waals surface area contributed by atoms with Gasteiger partial charge in [0.15, 0.2) is 0 Å². The number of phenolic OH excluding ortho intramolecular Hbond substituents is 1. The number of carbonyl (C=O) groups is 2. The Labute approximate surface area is 291 Å². The lowest BCUT2D eigenvalue weighted by Gasteiger charge is -2.50. The minimum atomic E-state index is -5.11. The number of halogens is 3. The monoisotopic (exact) mass is 692 g/mol. The number of benzene rings is 3. The summed E-state index contributed by atoms with van der Waals surface area (Å²) in [6, 6.07) is 19.9. The fraction of sp³-hybridized carbons (Fsp3) is 0.500. The lowest BCUT2D eigenvalue weighted by Crippen LogP contribution is -2.60. The molecule has 10 heteroatoms. The molecule has 0 aliphatic heterocycles. The quantitative estimate of drug-likeness (QED) is 0.170. The first-order valence-electron chi connectivity index (χ1n) is 17.7. The SMILES string of the molecule is CO[C@](C(=O)N[C@@H](Cc1ccccc1)C(=O)NCCC[C@H]1C[C@H]2[C@@H]3CCc4cc(O)ccc4[C@H]3CC[C@]2(C)[C@H]1O)(c1ccccc1)C(F)(F)F. The van der Waals surface area contributed by atoms with Gasteiger partial charge in [-0.05, 0) is 103 Å². The standard InChI is InChI=1S/C40H47F3N2O5/c1-38-20-19-31-30-18-16-29(46)23-26(30)15-17-32(31)33(38)24-27(35(38)47)12-9-21-44-36(48)34(22-25-10-5-3-6-11-25)45-37(49)39(50-2,40(41,42)43)28-13-7-4-8-14-28/h3-8,10-11,13-14,16,18,23,27,31-35,46-47H,9,12,15,17,19-22,24H2,1-2H3,(H,44,48)(H,45,49)/t27-,31+,32+,33-,34-,35-,38-,39-/m0/s1. The molecule has 0 aromatic heterocycles. The summed E-state index contributed by atoms with van der Waals surface area (Å²) in [6.45, 7) is 2.47. The van der Waals surface area contributed by atoms with Crippen LogP contribution in [0.5, 0.6) is 5.75 Å². The van der Waals surface area contributed by atoms with Gasteiger partial charge in [-0.25, -0.2) is 0 Å². The molecule has 2 fully saturated rings. The van der Waals surface area contributed by atoms with Crippen LogP contribution in [-0.2, 0) is 32.8 Å². The fourth-order valence-corrected chi connectivity index (χ4v) is 9.44. The Morgan fingerprint density at radius 3 is 2.40 bits per heavy atom. The Morgan fingerprint density at radius 1 is 1.02 bits per heavy atom. The summed E-state index contributed by atoms with van der Waals surface area (Å²) in [6.07, 6.45) is 0.483. The predicted molar refractivity (Wildman–Crippen MR) is 183 cm³/mol. The summed E-state index contributed by atoms with van der Waals surface area (Å²) < 4.78 is 48.8. The smallest absolute Gasteiger partial charge is 0.430 e. The molecule has 0 heterocycles. The highest BCUT2D eigenvalue weighted by Gasteiger charge is 2.63. The summed E-state index contributed by atoms with van der Waals surface area (Å²) in [5, 5.41) is 26.8. The van der Waals surface area contributed by atoms with Crippen molar-refractivity contribution in [2.45, 2.75) is 88.1 Å². The number of alkyl halides is 3. The number of hydrogen-bond acceptors (Lipinski definition) is 5. The van der Waals surface area contributed by atoms with Crippen LogP contribution in [0.3, 0.4) is 0 Å². The van der Waals surface area contributed by atoms with Gasteiger partial charge in [0, 0.05) is 25.6 Å². The highest BCUT2D eigenvalue weighted by atomic mass is 19.4. The van der Waals surface area contributed by atoms with Crippen LogP contribution < -0.4 is 10.6 Å². The van der Waals surface area contributed by atoms with Gasteiger partial charge < -0.3 is 25.6 Å². The highest BCUT2D eigenvalue weighted by Crippen LogP contribution is 2.62. The van der Waals surface area contributed by atoms with Crippen molar-refractivity contribution in [3.05, 3.63) is 101 Å². The topological polar surface area (TPSA) is 108 Å². The third kappa shape index (κ3) is 6.64. The van der Waals surface area contributed by atoms with E-state index in [1.807, 2.05) is 6.07 Å². The molecule has 3 aromatic rings. The maximum Gasteiger partial charge on any atom is 0.430 e. The van der Waals surface area contributed by atoms with Gasteiger partial charge in [-0.2, -0.15) is 13.2 Å². The molecule has 8 atom stereocenters. The normalized spacial score (nSPS) is 27.6. The van der Waals surface area contributed by atoms with Gasteiger partial charge in [-0.3, -0.25) is 9.59 Å². The van der Waals surface area contributed by atoms with Crippen LogP contribution in [0, 0.1) is 23.2 Å². The van der Waals surface area contributed by atoms with Crippen LogP contribution in [0.15, 0.2) is 78.9 Å². The van der Waals surface area contributed by atoms with Crippen molar-refractivity contribution >= 4 is 11.8 Å². The van der Waals surface area contributed by atoms with Crippen molar-refractivity contribution in [1.82, 2.24) is 10.6 Å². The molecule has 2 saturated carbocycles. The number of carbonyl (C=O) groups excluding carboxylic acids is 2. The first-order chi connectivity index (χ1) is 23.9. The van der Waals surface area contributed by atoms with Crippen molar-refractivity contribution in [1.29, 1.82) is 0 Å². The molecule has 7 nitrogen and oxygen atoms in total. The molecular weight excluding hydrogens is 645 g/mol. The number of aromatic hydroxyl groups is 1. The number of nitrogens with one attached hydrogen (secondary N) is 2. The first kappa shape index (κ1) is 35.9. The Balaban J connectivity index is 1.11. The van der Waals surface area contributed by atoms with Gasteiger partial charge in [0.25, 0.3) is 11.5 Å². The predicted octanol–water partition coefficient (Wildman–Crippen LogP) is 6.56. The summed E-state index contributed by atoms with van der Waals surface area (Å²) in [5.74, 6) is -0.416. The van der Waals surface area contributed by atoms with E-state index in [0.29, 0.717) is 41.9 Å². The summed E-state index contributed by atoms with van der Waals surface area (Å²) in [7, 11) is 0.833. The van der Waals surface area contributed by atoms with Crippen LogP contribution in [0.1, 0.15) is 73.6 Å². The number of ether oxygens (including phenoxy) is 1. The second-order valence-corrected chi connectivity index (χ2v) is 14.7. The molecular formula is C40H47F3N2O5.